The Hall–Kier alpha value is -1.80. The number of fused-ring (bicyclic) bond motifs is 1. The Kier molecular flexibility index (Phi) is 2.60. The number of benzene rings is 2. The van der Waals surface area contributed by atoms with Gasteiger partial charge in [0.05, 0.1) is 5.60 Å². The smallest absolute Gasteiger partial charge is 0.126 e. The van der Waals surface area contributed by atoms with E-state index in [9.17, 15) is 5.11 Å². The summed E-state index contributed by atoms with van der Waals surface area (Å²) in [5.74, 6) is 0.799. The van der Waals surface area contributed by atoms with Crippen molar-refractivity contribution in [3.8, 4) is 5.75 Å². The van der Waals surface area contributed by atoms with Crippen LogP contribution in [-0.2, 0) is 18.6 Å². The molecule has 3 rings (SSSR count). The van der Waals surface area contributed by atoms with Crippen LogP contribution in [0.1, 0.15) is 23.6 Å². The summed E-state index contributed by atoms with van der Waals surface area (Å²) in [7, 11) is 0. The molecule has 1 atom stereocenters. The van der Waals surface area contributed by atoms with Gasteiger partial charge in [-0.05, 0) is 24.1 Å². The minimum absolute atomic E-state index is 0.535. The zero-order valence-corrected chi connectivity index (χ0v) is 10.4. The van der Waals surface area contributed by atoms with Gasteiger partial charge in [0.1, 0.15) is 12.4 Å². The molecule has 0 radical (unpaired) electrons. The lowest BCUT2D eigenvalue weighted by Crippen LogP contribution is -2.35. The molecule has 2 heteroatoms. The fraction of sp³-hybridized carbons (Fsp3) is 0.250. The van der Waals surface area contributed by atoms with Crippen LogP contribution in [0.3, 0.4) is 0 Å². The minimum atomic E-state index is -0.734. The molecular formula is C16H16O2. The summed E-state index contributed by atoms with van der Waals surface area (Å²) in [6, 6.07) is 16.0. The summed E-state index contributed by atoms with van der Waals surface area (Å²) < 4.78 is 5.83. The molecule has 0 amide bonds. The van der Waals surface area contributed by atoms with Crippen LogP contribution >= 0.6 is 0 Å². The highest BCUT2D eigenvalue weighted by Gasteiger charge is 2.39. The van der Waals surface area contributed by atoms with Crippen LogP contribution in [0.2, 0.25) is 0 Å². The third-order valence-electron chi connectivity index (χ3n) is 3.42. The fourth-order valence-corrected chi connectivity index (χ4v) is 2.54. The first-order valence-electron chi connectivity index (χ1n) is 6.18. The fourth-order valence-electron chi connectivity index (χ4n) is 2.54. The second kappa shape index (κ2) is 4.14. The van der Waals surface area contributed by atoms with Crippen molar-refractivity contribution < 1.29 is 9.84 Å². The molecule has 1 aliphatic rings. The zero-order chi connectivity index (χ0) is 12.6. The second-order valence-corrected chi connectivity index (χ2v) is 5.02. The lowest BCUT2D eigenvalue weighted by atomic mass is 9.74. The van der Waals surface area contributed by atoms with E-state index in [1.807, 2.05) is 55.5 Å². The predicted molar refractivity (Wildman–Crippen MR) is 70.5 cm³/mol. The topological polar surface area (TPSA) is 29.5 Å². The van der Waals surface area contributed by atoms with Crippen LogP contribution in [0.4, 0.5) is 0 Å². The van der Waals surface area contributed by atoms with Gasteiger partial charge >= 0.3 is 0 Å². The quantitative estimate of drug-likeness (QED) is 0.893. The summed E-state index contributed by atoms with van der Waals surface area (Å²) in [5.41, 5.74) is 2.53. The van der Waals surface area contributed by atoms with Crippen molar-refractivity contribution in [2.45, 2.75) is 25.6 Å². The van der Waals surface area contributed by atoms with Crippen LogP contribution in [0.15, 0.2) is 48.5 Å². The van der Waals surface area contributed by atoms with Gasteiger partial charge in [0, 0.05) is 12.0 Å². The van der Waals surface area contributed by atoms with E-state index in [0.717, 1.165) is 16.9 Å². The SMILES string of the molecule is CC1(O)Cc2cccc(OCc3ccccc3)c21. The number of aliphatic hydroxyl groups is 1. The monoisotopic (exact) mass is 240 g/mol. The summed E-state index contributed by atoms with van der Waals surface area (Å²) in [6.45, 7) is 2.37. The van der Waals surface area contributed by atoms with Crippen LogP contribution in [0.25, 0.3) is 0 Å². The molecule has 0 spiro atoms. The second-order valence-electron chi connectivity index (χ2n) is 5.02. The molecule has 0 aromatic heterocycles. The lowest BCUT2D eigenvalue weighted by molar-refractivity contribution is 0.0288. The Labute approximate surface area is 107 Å². The van der Waals surface area contributed by atoms with Crippen LogP contribution in [-0.4, -0.2) is 5.11 Å². The van der Waals surface area contributed by atoms with E-state index in [2.05, 4.69) is 0 Å². The van der Waals surface area contributed by atoms with Crippen molar-refractivity contribution in [1.29, 1.82) is 0 Å². The molecule has 0 bridgehead atoms. The molecule has 0 heterocycles. The molecule has 0 aliphatic heterocycles. The first-order valence-corrected chi connectivity index (χ1v) is 6.18. The van der Waals surface area contributed by atoms with E-state index in [0.29, 0.717) is 13.0 Å². The van der Waals surface area contributed by atoms with Crippen molar-refractivity contribution in [1.82, 2.24) is 0 Å². The highest BCUT2D eigenvalue weighted by atomic mass is 16.5. The molecule has 18 heavy (non-hydrogen) atoms. The lowest BCUT2D eigenvalue weighted by Gasteiger charge is -2.37. The minimum Gasteiger partial charge on any atom is -0.489 e. The van der Waals surface area contributed by atoms with Gasteiger partial charge < -0.3 is 9.84 Å². The molecule has 1 unspecified atom stereocenters. The largest absolute Gasteiger partial charge is 0.489 e. The van der Waals surface area contributed by atoms with Crippen molar-refractivity contribution in [3.63, 3.8) is 0 Å². The van der Waals surface area contributed by atoms with Gasteiger partial charge in [-0.2, -0.15) is 0 Å². The normalized spacial score (nSPS) is 21.0. The molecule has 2 aromatic carbocycles. The van der Waals surface area contributed by atoms with E-state index in [1.165, 1.54) is 5.56 Å². The Morgan fingerprint density at radius 3 is 2.61 bits per heavy atom. The number of hydrogen-bond donors (Lipinski definition) is 1. The molecule has 0 saturated heterocycles. The first-order chi connectivity index (χ1) is 8.67. The summed E-state index contributed by atoms with van der Waals surface area (Å²) >= 11 is 0. The van der Waals surface area contributed by atoms with E-state index >= 15 is 0 Å². The third kappa shape index (κ3) is 1.89. The average Bonchev–Trinajstić information content (AvgIpc) is 2.36. The zero-order valence-electron chi connectivity index (χ0n) is 10.4. The number of hydrogen-bond acceptors (Lipinski definition) is 2. The summed E-state index contributed by atoms with van der Waals surface area (Å²) in [4.78, 5) is 0. The number of ether oxygens (including phenoxy) is 1. The molecular weight excluding hydrogens is 224 g/mol. The number of rotatable bonds is 3. The van der Waals surface area contributed by atoms with Gasteiger partial charge in [-0.15, -0.1) is 0 Å². The standard InChI is InChI=1S/C16H16O2/c1-16(17)10-13-8-5-9-14(15(13)16)18-11-12-6-3-2-4-7-12/h2-9,17H,10-11H2,1H3. The van der Waals surface area contributed by atoms with Crippen molar-refractivity contribution >= 4 is 0 Å². The Morgan fingerprint density at radius 2 is 1.89 bits per heavy atom. The van der Waals surface area contributed by atoms with E-state index < -0.39 is 5.60 Å². The van der Waals surface area contributed by atoms with Gasteiger partial charge in [-0.3, -0.25) is 0 Å². The van der Waals surface area contributed by atoms with Gasteiger partial charge in [0.25, 0.3) is 0 Å². The van der Waals surface area contributed by atoms with Crippen LogP contribution < -0.4 is 4.74 Å². The molecule has 1 aliphatic carbocycles. The third-order valence-corrected chi connectivity index (χ3v) is 3.42. The van der Waals surface area contributed by atoms with Crippen LogP contribution in [0, 0.1) is 0 Å². The van der Waals surface area contributed by atoms with Gasteiger partial charge in [0.15, 0.2) is 0 Å². The molecule has 0 saturated carbocycles. The van der Waals surface area contributed by atoms with Crippen molar-refractivity contribution in [2.75, 3.05) is 0 Å². The maximum absolute atomic E-state index is 10.2. The van der Waals surface area contributed by atoms with Crippen molar-refractivity contribution in [3.05, 3.63) is 65.2 Å². The maximum Gasteiger partial charge on any atom is 0.126 e. The average molecular weight is 240 g/mol. The van der Waals surface area contributed by atoms with E-state index in [-0.39, 0.29) is 0 Å². The van der Waals surface area contributed by atoms with E-state index in [1.54, 1.807) is 0 Å². The van der Waals surface area contributed by atoms with Gasteiger partial charge in [-0.25, -0.2) is 0 Å². The Bertz CT molecular complexity index is 559. The van der Waals surface area contributed by atoms with Gasteiger partial charge in [-0.1, -0.05) is 42.5 Å². The highest BCUT2D eigenvalue weighted by molar-refractivity contribution is 5.51. The maximum atomic E-state index is 10.2. The molecule has 92 valence electrons. The Morgan fingerprint density at radius 1 is 1.11 bits per heavy atom. The van der Waals surface area contributed by atoms with Crippen LogP contribution in [0.5, 0.6) is 5.75 Å². The molecule has 2 nitrogen and oxygen atoms in total. The highest BCUT2D eigenvalue weighted by Crippen LogP contribution is 2.44. The summed E-state index contributed by atoms with van der Waals surface area (Å²) in [5, 5.41) is 10.2. The molecule has 1 N–H and O–H groups in total. The summed E-state index contributed by atoms with van der Waals surface area (Å²) in [6.07, 6.45) is 0.713. The first kappa shape index (κ1) is 11.3. The van der Waals surface area contributed by atoms with Crippen molar-refractivity contribution in [2.24, 2.45) is 0 Å². The Balaban J connectivity index is 1.81. The van der Waals surface area contributed by atoms with E-state index in [4.69, 9.17) is 4.74 Å². The van der Waals surface area contributed by atoms with Gasteiger partial charge in [0.2, 0.25) is 0 Å². The molecule has 2 aromatic rings. The molecule has 0 fully saturated rings. The predicted octanol–water partition coefficient (Wildman–Crippen LogP) is 3.03.